The second-order valence-electron chi connectivity index (χ2n) is 5.55. The van der Waals surface area contributed by atoms with Gasteiger partial charge in [-0.1, -0.05) is 42.0 Å². The van der Waals surface area contributed by atoms with Gasteiger partial charge in [-0.05, 0) is 30.5 Å². The van der Waals surface area contributed by atoms with Gasteiger partial charge in [0.25, 0.3) is 0 Å². The Balaban J connectivity index is 2.09. The SMILES string of the molecule is Cc1ccc(-n2c(CO)cc3c4ccccc4cnc32)cc1. The van der Waals surface area contributed by atoms with Crippen molar-refractivity contribution in [3.63, 3.8) is 0 Å². The molecule has 0 aliphatic rings. The summed E-state index contributed by atoms with van der Waals surface area (Å²) in [5, 5.41) is 13.1. The number of hydrogen-bond donors (Lipinski definition) is 1. The van der Waals surface area contributed by atoms with Crippen molar-refractivity contribution >= 4 is 21.8 Å². The van der Waals surface area contributed by atoms with Crippen LogP contribution in [0, 0.1) is 6.92 Å². The number of benzene rings is 2. The largest absolute Gasteiger partial charge is 0.390 e. The van der Waals surface area contributed by atoms with E-state index in [1.54, 1.807) is 0 Å². The monoisotopic (exact) mass is 288 g/mol. The molecule has 0 aliphatic heterocycles. The lowest BCUT2D eigenvalue weighted by molar-refractivity contribution is 0.275. The van der Waals surface area contributed by atoms with Gasteiger partial charge in [-0.2, -0.15) is 0 Å². The van der Waals surface area contributed by atoms with Crippen LogP contribution in [-0.4, -0.2) is 14.7 Å². The van der Waals surface area contributed by atoms with Gasteiger partial charge in [0.05, 0.1) is 12.3 Å². The zero-order valence-corrected chi connectivity index (χ0v) is 12.3. The summed E-state index contributed by atoms with van der Waals surface area (Å²) in [6.07, 6.45) is 1.89. The summed E-state index contributed by atoms with van der Waals surface area (Å²) in [6.45, 7) is 2.05. The summed E-state index contributed by atoms with van der Waals surface area (Å²) in [5.74, 6) is 0. The normalized spacial score (nSPS) is 11.4. The molecule has 2 aromatic carbocycles. The Bertz CT molecular complexity index is 968. The third-order valence-electron chi connectivity index (χ3n) is 4.08. The van der Waals surface area contributed by atoms with E-state index >= 15 is 0 Å². The van der Waals surface area contributed by atoms with Crippen molar-refractivity contribution < 1.29 is 5.11 Å². The highest BCUT2D eigenvalue weighted by atomic mass is 16.3. The van der Waals surface area contributed by atoms with Gasteiger partial charge in [0.2, 0.25) is 0 Å². The second-order valence-corrected chi connectivity index (χ2v) is 5.55. The molecule has 0 bridgehead atoms. The number of aliphatic hydroxyl groups excluding tert-OH is 1. The average molecular weight is 288 g/mol. The molecule has 1 N–H and O–H groups in total. The van der Waals surface area contributed by atoms with Crippen LogP contribution >= 0.6 is 0 Å². The third-order valence-corrected chi connectivity index (χ3v) is 4.08. The molecule has 108 valence electrons. The fourth-order valence-electron chi connectivity index (χ4n) is 2.96. The molecule has 0 aliphatic carbocycles. The van der Waals surface area contributed by atoms with Crippen LogP contribution in [0.4, 0.5) is 0 Å². The summed E-state index contributed by atoms with van der Waals surface area (Å²) >= 11 is 0. The molecule has 0 atom stereocenters. The van der Waals surface area contributed by atoms with E-state index in [0.29, 0.717) is 0 Å². The van der Waals surface area contributed by atoms with Crippen LogP contribution < -0.4 is 0 Å². The standard InChI is InChI=1S/C19H16N2O/c1-13-6-8-15(9-7-13)21-16(12-22)10-18-17-5-3-2-4-14(17)11-20-19(18)21/h2-11,22H,12H2,1H3. The summed E-state index contributed by atoms with van der Waals surface area (Å²) in [5.41, 5.74) is 3.96. The molecule has 0 unspecified atom stereocenters. The van der Waals surface area contributed by atoms with E-state index in [4.69, 9.17) is 0 Å². The Morgan fingerprint density at radius 1 is 1.00 bits per heavy atom. The van der Waals surface area contributed by atoms with Crippen molar-refractivity contribution in [1.82, 2.24) is 9.55 Å². The minimum atomic E-state index is -0.0153. The van der Waals surface area contributed by atoms with Crippen molar-refractivity contribution in [2.75, 3.05) is 0 Å². The number of aromatic nitrogens is 2. The van der Waals surface area contributed by atoms with E-state index in [1.165, 1.54) is 5.56 Å². The minimum absolute atomic E-state index is 0.0153. The smallest absolute Gasteiger partial charge is 0.145 e. The predicted molar refractivity (Wildman–Crippen MR) is 89.2 cm³/mol. The second kappa shape index (κ2) is 4.97. The van der Waals surface area contributed by atoms with Crippen molar-refractivity contribution in [3.8, 4) is 5.69 Å². The van der Waals surface area contributed by atoms with E-state index in [-0.39, 0.29) is 6.61 Å². The molecule has 3 nitrogen and oxygen atoms in total. The lowest BCUT2D eigenvalue weighted by Crippen LogP contribution is -2.00. The van der Waals surface area contributed by atoms with Crippen LogP contribution in [0.15, 0.2) is 60.8 Å². The molecule has 22 heavy (non-hydrogen) atoms. The van der Waals surface area contributed by atoms with Crippen molar-refractivity contribution in [2.45, 2.75) is 13.5 Å². The first-order chi connectivity index (χ1) is 10.8. The van der Waals surface area contributed by atoms with E-state index in [0.717, 1.165) is 33.2 Å². The minimum Gasteiger partial charge on any atom is -0.390 e. The molecule has 0 saturated heterocycles. The Hall–Kier alpha value is -2.65. The van der Waals surface area contributed by atoms with Crippen molar-refractivity contribution in [2.24, 2.45) is 0 Å². The van der Waals surface area contributed by atoms with E-state index in [2.05, 4.69) is 48.3 Å². The van der Waals surface area contributed by atoms with Gasteiger partial charge in [-0.25, -0.2) is 4.98 Å². The summed E-state index contributed by atoms with van der Waals surface area (Å²) in [4.78, 5) is 4.63. The molecule has 0 radical (unpaired) electrons. The van der Waals surface area contributed by atoms with Gasteiger partial charge in [0.1, 0.15) is 5.65 Å². The summed E-state index contributed by atoms with van der Waals surface area (Å²) in [6, 6.07) is 18.5. The number of aliphatic hydroxyl groups is 1. The molecule has 3 heteroatoms. The number of aryl methyl sites for hydroxylation is 1. The zero-order chi connectivity index (χ0) is 15.1. The van der Waals surface area contributed by atoms with Crippen LogP contribution in [0.25, 0.3) is 27.5 Å². The molecule has 0 amide bonds. The zero-order valence-electron chi connectivity index (χ0n) is 12.3. The van der Waals surface area contributed by atoms with Crippen LogP contribution in [0.1, 0.15) is 11.3 Å². The van der Waals surface area contributed by atoms with Crippen LogP contribution in [0.5, 0.6) is 0 Å². The highest BCUT2D eigenvalue weighted by Gasteiger charge is 2.13. The molecule has 4 aromatic rings. The maximum Gasteiger partial charge on any atom is 0.145 e. The maximum atomic E-state index is 9.76. The molecular weight excluding hydrogens is 272 g/mol. The van der Waals surface area contributed by atoms with E-state index < -0.39 is 0 Å². The van der Waals surface area contributed by atoms with Crippen LogP contribution in [-0.2, 0) is 6.61 Å². The molecule has 0 saturated carbocycles. The van der Waals surface area contributed by atoms with Crippen molar-refractivity contribution in [3.05, 3.63) is 72.1 Å². The Morgan fingerprint density at radius 3 is 2.55 bits per heavy atom. The highest BCUT2D eigenvalue weighted by molar-refractivity contribution is 6.05. The lowest BCUT2D eigenvalue weighted by atomic mass is 10.1. The molecule has 0 spiro atoms. The molecule has 0 fully saturated rings. The summed E-state index contributed by atoms with van der Waals surface area (Å²) in [7, 11) is 0. The molecule has 4 rings (SSSR count). The van der Waals surface area contributed by atoms with E-state index in [1.807, 2.05) is 29.0 Å². The summed E-state index contributed by atoms with van der Waals surface area (Å²) < 4.78 is 2.03. The maximum absolute atomic E-state index is 9.76. The number of rotatable bonds is 2. The molecule has 2 aromatic heterocycles. The van der Waals surface area contributed by atoms with Gasteiger partial charge in [0, 0.05) is 22.7 Å². The molecular formula is C19H16N2O. The van der Waals surface area contributed by atoms with Gasteiger partial charge >= 0.3 is 0 Å². The van der Waals surface area contributed by atoms with E-state index in [9.17, 15) is 5.11 Å². The Labute approximate surface area is 128 Å². The fourth-order valence-corrected chi connectivity index (χ4v) is 2.96. The van der Waals surface area contributed by atoms with Gasteiger partial charge in [-0.3, -0.25) is 4.57 Å². The molecule has 2 heterocycles. The first-order valence-corrected chi connectivity index (χ1v) is 7.34. The topological polar surface area (TPSA) is 38.0 Å². The predicted octanol–water partition coefficient (Wildman–Crippen LogP) is 3.98. The quantitative estimate of drug-likeness (QED) is 0.606. The number of nitrogens with zero attached hydrogens (tertiary/aromatic N) is 2. The highest BCUT2D eigenvalue weighted by Crippen LogP contribution is 2.29. The first kappa shape index (κ1) is 13.0. The number of pyridine rings is 1. The van der Waals surface area contributed by atoms with Gasteiger partial charge in [-0.15, -0.1) is 0 Å². The Kier molecular flexibility index (Phi) is 2.94. The lowest BCUT2D eigenvalue weighted by Gasteiger charge is -2.09. The van der Waals surface area contributed by atoms with Gasteiger partial charge < -0.3 is 5.11 Å². The first-order valence-electron chi connectivity index (χ1n) is 7.34. The van der Waals surface area contributed by atoms with Gasteiger partial charge in [0.15, 0.2) is 0 Å². The van der Waals surface area contributed by atoms with Crippen molar-refractivity contribution in [1.29, 1.82) is 0 Å². The Morgan fingerprint density at radius 2 is 1.77 bits per heavy atom. The van der Waals surface area contributed by atoms with Crippen LogP contribution in [0.3, 0.4) is 0 Å². The fraction of sp³-hybridized carbons (Fsp3) is 0.105. The third kappa shape index (κ3) is 1.90. The number of fused-ring (bicyclic) bond motifs is 3. The van der Waals surface area contributed by atoms with Crippen LogP contribution in [0.2, 0.25) is 0 Å². The number of hydrogen-bond acceptors (Lipinski definition) is 2. The average Bonchev–Trinajstić information content (AvgIpc) is 2.94.